The van der Waals surface area contributed by atoms with Crippen LogP contribution in [0.3, 0.4) is 0 Å². The average molecular weight is 285 g/mol. The van der Waals surface area contributed by atoms with E-state index >= 15 is 0 Å². The molecule has 0 bridgehead atoms. The number of hydrogen-bond acceptors (Lipinski definition) is 4. The van der Waals surface area contributed by atoms with Crippen molar-refractivity contribution in [2.45, 2.75) is 25.3 Å². The Morgan fingerprint density at radius 3 is 2.75 bits per heavy atom. The van der Waals surface area contributed by atoms with E-state index in [4.69, 9.17) is 9.47 Å². The molecule has 0 saturated carbocycles. The summed E-state index contributed by atoms with van der Waals surface area (Å²) in [5, 5.41) is 3.34. The molecule has 2 fully saturated rings. The number of urea groups is 1. The smallest absolute Gasteiger partial charge is 0.320 e. The first-order valence-electron chi connectivity index (χ1n) is 7.66. The number of hydrogen-bond donors (Lipinski definition) is 1. The SMILES string of the molecule is COCCOCCCN1CCN(C2CCNCC2)C1=O. The lowest BCUT2D eigenvalue weighted by Gasteiger charge is -2.31. The Kier molecular flexibility index (Phi) is 6.56. The van der Waals surface area contributed by atoms with Gasteiger partial charge in [-0.15, -0.1) is 0 Å². The molecule has 0 spiro atoms. The number of piperidine rings is 1. The third-order valence-electron chi connectivity index (χ3n) is 4.02. The second kappa shape index (κ2) is 8.44. The van der Waals surface area contributed by atoms with Crippen molar-refractivity contribution in [2.24, 2.45) is 0 Å². The molecule has 0 aromatic rings. The highest BCUT2D eigenvalue weighted by Crippen LogP contribution is 2.18. The second-order valence-corrected chi connectivity index (χ2v) is 5.40. The molecular weight excluding hydrogens is 258 g/mol. The highest BCUT2D eigenvalue weighted by molar-refractivity contribution is 5.76. The van der Waals surface area contributed by atoms with Crippen molar-refractivity contribution in [1.29, 1.82) is 0 Å². The fourth-order valence-electron chi connectivity index (χ4n) is 2.87. The maximum atomic E-state index is 12.3. The summed E-state index contributed by atoms with van der Waals surface area (Å²) in [7, 11) is 1.67. The third kappa shape index (κ3) is 4.33. The number of methoxy groups -OCH3 is 1. The molecule has 2 aliphatic heterocycles. The highest BCUT2D eigenvalue weighted by Gasteiger charge is 2.33. The fraction of sp³-hybridized carbons (Fsp3) is 0.929. The van der Waals surface area contributed by atoms with Gasteiger partial charge in [0.1, 0.15) is 0 Å². The minimum Gasteiger partial charge on any atom is -0.382 e. The summed E-state index contributed by atoms with van der Waals surface area (Å²) < 4.78 is 10.3. The van der Waals surface area contributed by atoms with Crippen LogP contribution in [0, 0.1) is 0 Å². The number of carbonyl (C=O) groups is 1. The van der Waals surface area contributed by atoms with Crippen LogP contribution in [0.25, 0.3) is 0 Å². The van der Waals surface area contributed by atoms with Crippen molar-refractivity contribution in [1.82, 2.24) is 15.1 Å². The molecule has 1 N–H and O–H groups in total. The first-order valence-corrected chi connectivity index (χ1v) is 7.66. The van der Waals surface area contributed by atoms with E-state index in [1.165, 1.54) is 0 Å². The molecule has 0 aromatic heterocycles. The molecule has 116 valence electrons. The molecule has 20 heavy (non-hydrogen) atoms. The maximum absolute atomic E-state index is 12.3. The molecule has 0 radical (unpaired) electrons. The third-order valence-corrected chi connectivity index (χ3v) is 4.02. The first kappa shape index (κ1) is 15.5. The second-order valence-electron chi connectivity index (χ2n) is 5.40. The van der Waals surface area contributed by atoms with Gasteiger partial charge in [-0.05, 0) is 32.4 Å². The molecule has 0 atom stereocenters. The molecule has 2 aliphatic rings. The molecule has 0 aliphatic carbocycles. The Labute approximate surface area is 121 Å². The van der Waals surface area contributed by atoms with Crippen LogP contribution in [0.5, 0.6) is 0 Å². The lowest BCUT2D eigenvalue weighted by molar-refractivity contribution is 0.0669. The summed E-state index contributed by atoms with van der Waals surface area (Å²) in [4.78, 5) is 16.4. The van der Waals surface area contributed by atoms with Gasteiger partial charge >= 0.3 is 6.03 Å². The van der Waals surface area contributed by atoms with Crippen molar-refractivity contribution < 1.29 is 14.3 Å². The Balaban J connectivity index is 1.63. The molecule has 6 heteroatoms. The molecule has 2 rings (SSSR count). The van der Waals surface area contributed by atoms with Crippen LogP contribution in [0.1, 0.15) is 19.3 Å². The van der Waals surface area contributed by atoms with E-state index in [2.05, 4.69) is 10.2 Å². The normalized spacial score (nSPS) is 20.9. The summed E-state index contributed by atoms with van der Waals surface area (Å²) in [6.45, 7) is 6.56. The van der Waals surface area contributed by atoms with Gasteiger partial charge in [0.05, 0.1) is 13.2 Å². The standard InChI is InChI=1S/C14H27N3O3/c1-19-11-12-20-10-2-7-16-8-9-17(14(16)18)13-3-5-15-6-4-13/h13,15H,2-12H2,1H3. The zero-order valence-electron chi connectivity index (χ0n) is 12.5. The van der Waals surface area contributed by atoms with Gasteiger partial charge < -0.3 is 24.6 Å². The van der Waals surface area contributed by atoms with E-state index in [1.54, 1.807) is 7.11 Å². The zero-order valence-corrected chi connectivity index (χ0v) is 12.5. The monoisotopic (exact) mass is 285 g/mol. The van der Waals surface area contributed by atoms with Crippen LogP contribution in [-0.4, -0.2) is 81.5 Å². The highest BCUT2D eigenvalue weighted by atomic mass is 16.5. The van der Waals surface area contributed by atoms with Crippen LogP contribution in [0.2, 0.25) is 0 Å². The summed E-state index contributed by atoms with van der Waals surface area (Å²) in [6.07, 6.45) is 3.06. The summed E-state index contributed by atoms with van der Waals surface area (Å²) >= 11 is 0. The van der Waals surface area contributed by atoms with Gasteiger partial charge in [0, 0.05) is 39.4 Å². The van der Waals surface area contributed by atoms with Crippen LogP contribution < -0.4 is 5.32 Å². The molecule has 2 saturated heterocycles. The van der Waals surface area contributed by atoms with Crippen LogP contribution >= 0.6 is 0 Å². The van der Waals surface area contributed by atoms with Gasteiger partial charge in [-0.1, -0.05) is 0 Å². The Morgan fingerprint density at radius 1 is 1.20 bits per heavy atom. The molecule has 0 aromatic carbocycles. The van der Waals surface area contributed by atoms with Crippen molar-refractivity contribution in [3.63, 3.8) is 0 Å². The lowest BCUT2D eigenvalue weighted by atomic mass is 10.1. The van der Waals surface area contributed by atoms with Crippen LogP contribution in [0.15, 0.2) is 0 Å². The molecular formula is C14H27N3O3. The average Bonchev–Trinajstić information content (AvgIpc) is 2.85. The summed E-state index contributed by atoms with van der Waals surface area (Å²) in [6, 6.07) is 0.653. The summed E-state index contributed by atoms with van der Waals surface area (Å²) in [5.41, 5.74) is 0. The van der Waals surface area contributed by atoms with Gasteiger partial charge in [0.15, 0.2) is 0 Å². The molecule has 0 unspecified atom stereocenters. The number of rotatable bonds is 8. The van der Waals surface area contributed by atoms with E-state index in [9.17, 15) is 4.79 Å². The van der Waals surface area contributed by atoms with E-state index < -0.39 is 0 Å². The van der Waals surface area contributed by atoms with Crippen molar-refractivity contribution in [2.75, 3.05) is 59.7 Å². The Morgan fingerprint density at radius 2 is 2.00 bits per heavy atom. The van der Waals surface area contributed by atoms with Crippen LogP contribution in [0.4, 0.5) is 4.79 Å². The van der Waals surface area contributed by atoms with Crippen molar-refractivity contribution in [3.8, 4) is 0 Å². The first-order chi connectivity index (χ1) is 9.83. The van der Waals surface area contributed by atoms with Crippen molar-refractivity contribution >= 4 is 6.03 Å². The van der Waals surface area contributed by atoms with Gasteiger partial charge in [0.25, 0.3) is 0 Å². The van der Waals surface area contributed by atoms with Crippen molar-refractivity contribution in [3.05, 3.63) is 0 Å². The number of ether oxygens (including phenoxy) is 2. The number of nitrogens with one attached hydrogen (secondary N) is 1. The molecule has 2 heterocycles. The molecule has 6 nitrogen and oxygen atoms in total. The topological polar surface area (TPSA) is 54.0 Å². The number of amides is 2. The fourth-order valence-corrected chi connectivity index (χ4v) is 2.87. The minimum atomic E-state index is 0.216. The quantitative estimate of drug-likeness (QED) is 0.661. The van der Waals surface area contributed by atoms with E-state index in [-0.39, 0.29) is 6.03 Å². The van der Waals surface area contributed by atoms with Gasteiger partial charge in [-0.3, -0.25) is 0 Å². The predicted molar refractivity (Wildman–Crippen MR) is 76.9 cm³/mol. The minimum absolute atomic E-state index is 0.216. The van der Waals surface area contributed by atoms with E-state index in [1.807, 2.05) is 4.90 Å². The molecule has 2 amide bonds. The van der Waals surface area contributed by atoms with E-state index in [0.29, 0.717) is 25.9 Å². The van der Waals surface area contributed by atoms with Crippen LogP contribution in [-0.2, 0) is 9.47 Å². The summed E-state index contributed by atoms with van der Waals surface area (Å²) in [5.74, 6) is 0. The zero-order chi connectivity index (χ0) is 14.2. The van der Waals surface area contributed by atoms with E-state index in [0.717, 1.165) is 52.0 Å². The number of carbonyl (C=O) groups excluding carboxylic acids is 1. The lowest BCUT2D eigenvalue weighted by Crippen LogP contribution is -2.45. The predicted octanol–water partition coefficient (Wildman–Crippen LogP) is 0.529. The Bertz CT molecular complexity index is 295. The van der Waals surface area contributed by atoms with Gasteiger partial charge in [0.2, 0.25) is 0 Å². The maximum Gasteiger partial charge on any atom is 0.320 e. The van der Waals surface area contributed by atoms with Gasteiger partial charge in [-0.25, -0.2) is 4.79 Å². The largest absolute Gasteiger partial charge is 0.382 e. The van der Waals surface area contributed by atoms with Gasteiger partial charge in [-0.2, -0.15) is 0 Å². The Hall–Kier alpha value is -0.850. The number of nitrogens with zero attached hydrogens (tertiary/aromatic N) is 2.